The minimum Gasteiger partial charge on any atom is -0.373 e. The zero-order valence-electron chi connectivity index (χ0n) is 13.0. The van der Waals surface area contributed by atoms with Crippen LogP contribution < -0.4 is 0 Å². The summed E-state index contributed by atoms with van der Waals surface area (Å²) >= 11 is 0. The van der Waals surface area contributed by atoms with Crippen LogP contribution in [-0.2, 0) is 4.74 Å². The van der Waals surface area contributed by atoms with Crippen LogP contribution in [0.5, 0.6) is 0 Å². The molecule has 0 aliphatic carbocycles. The van der Waals surface area contributed by atoms with E-state index in [2.05, 4.69) is 50.3 Å². The van der Waals surface area contributed by atoms with Gasteiger partial charge in [-0.1, -0.05) is 68.2 Å². The van der Waals surface area contributed by atoms with Gasteiger partial charge in [-0.25, -0.2) is 0 Å². The lowest BCUT2D eigenvalue weighted by molar-refractivity contribution is 0.0371. The summed E-state index contributed by atoms with van der Waals surface area (Å²) in [6.07, 6.45) is 12.5. The molecule has 0 aromatic heterocycles. The number of benzene rings is 1. The summed E-state index contributed by atoms with van der Waals surface area (Å²) < 4.78 is 6.15. The highest BCUT2D eigenvalue weighted by Gasteiger charge is 2.23. The Kier molecular flexibility index (Phi) is 6.32. The molecule has 1 saturated heterocycles. The Balaban J connectivity index is 2.08. The molecule has 1 aromatic rings. The van der Waals surface area contributed by atoms with Gasteiger partial charge < -0.3 is 4.74 Å². The van der Waals surface area contributed by atoms with Crippen LogP contribution in [0.3, 0.4) is 0 Å². The second-order valence-corrected chi connectivity index (χ2v) is 5.93. The summed E-state index contributed by atoms with van der Waals surface area (Å²) in [6, 6.07) is 8.86. The van der Waals surface area contributed by atoms with Crippen LogP contribution >= 0.6 is 0 Å². The third-order valence-electron chi connectivity index (χ3n) is 4.13. The van der Waals surface area contributed by atoms with Crippen LogP contribution in [0.4, 0.5) is 0 Å². The molecule has 0 bridgehead atoms. The second-order valence-electron chi connectivity index (χ2n) is 5.93. The van der Waals surface area contributed by atoms with Crippen molar-refractivity contribution in [3.05, 3.63) is 47.5 Å². The maximum Gasteiger partial charge on any atom is 0.0887 e. The van der Waals surface area contributed by atoms with Gasteiger partial charge in [-0.2, -0.15) is 0 Å². The topological polar surface area (TPSA) is 9.23 Å². The van der Waals surface area contributed by atoms with Crippen molar-refractivity contribution in [2.24, 2.45) is 5.92 Å². The molecule has 1 nitrogen and oxygen atoms in total. The molecule has 0 unspecified atom stereocenters. The van der Waals surface area contributed by atoms with Crippen molar-refractivity contribution in [1.82, 2.24) is 0 Å². The Bertz CT molecular complexity index is 404. The molecule has 20 heavy (non-hydrogen) atoms. The standard InChI is InChI=1S/C19H28O/c1-3-4-5-6-9-17-10-7-8-15-20-19(17)18-13-11-16(2)12-14-18/h6,9,11-14,17,19H,3-5,7-8,10,15H2,1-2H3/b9-6+/t17-,19-/m1/s1. The van der Waals surface area contributed by atoms with E-state index in [1.54, 1.807) is 0 Å². The second kappa shape index (κ2) is 8.26. The van der Waals surface area contributed by atoms with Crippen LogP contribution in [0.25, 0.3) is 0 Å². The van der Waals surface area contributed by atoms with Crippen LogP contribution in [0.15, 0.2) is 36.4 Å². The Morgan fingerprint density at radius 1 is 1.20 bits per heavy atom. The van der Waals surface area contributed by atoms with Crippen molar-refractivity contribution in [2.75, 3.05) is 6.61 Å². The maximum atomic E-state index is 6.15. The van der Waals surface area contributed by atoms with E-state index in [0.717, 1.165) is 6.61 Å². The van der Waals surface area contributed by atoms with Gasteiger partial charge in [0, 0.05) is 12.5 Å². The van der Waals surface area contributed by atoms with Crippen LogP contribution in [0.2, 0.25) is 0 Å². The summed E-state index contributed by atoms with van der Waals surface area (Å²) in [5, 5.41) is 0. The van der Waals surface area contributed by atoms with E-state index < -0.39 is 0 Å². The molecule has 1 heteroatoms. The smallest absolute Gasteiger partial charge is 0.0887 e. The van der Waals surface area contributed by atoms with Gasteiger partial charge in [0.15, 0.2) is 0 Å². The average Bonchev–Trinajstić information content (AvgIpc) is 2.70. The van der Waals surface area contributed by atoms with Crippen molar-refractivity contribution in [2.45, 2.75) is 58.5 Å². The number of aryl methyl sites for hydroxylation is 1. The molecule has 1 heterocycles. The number of rotatable bonds is 5. The highest BCUT2D eigenvalue weighted by Crippen LogP contribution is 2.34. The molecule has 1 fully saturated rings. The van der Waals surface area contributed by atoms with E-state index in [1.165, 1.54) is 49.7 Å². The predicted molar refractivity (Wildman–Crippen MR) is 85.9 cm³/mol. The zero-order valence-corrected chi connectivity index (χ0v) is 13.0. The lowest BCUT2D eigenvalue weighted by Crippen LogP contribution is -2.12. The van der Waals surface area contributed by atoms with Crippen molar-refractivity contribution >= 4 is 0 Å². The third kappa shape index (κ3) is 4.49. The maximum absolute atomic E-state index is 6.15. The summed E-state index contributed by atoms with van der Waals surface area (Å²) in [6.45, 7) is 5.29. The Labute approximate surface area is 124 Å². The largest absolute Gasteiger partial charge is 0.373 e. The van der Waals surface area contributed by atoms with E-state index in [1.807, 2.05) is 0 Å². The first kappa shape index (κ1) is 15.3. The first-order valence-electron chi connectivity index (χ1n) is 8.16. The fourth-order valence-corrected chi connectivity index (χ4v) is 2.86. The summed E-state index contributed by atoms with van der Waals surface area (Å²) in [7, 11) is 0. The normalized spacial score (nSPS) is 23.9. The van der Waals surface area contributed by atoms with E-state index in [0.29, 0.717) is 5.92 Å². The van der Waals surface area contributed by atoms with Gasteiger partial charge in [-0.3, -0.25) is 0 Å². The van der Waals surface area contributed by atoms with Gasteiger partial charge in [0.2, 0.25) is 0 Å². The van der Waals surface area contributed by atoms with Gasteiger partial charge in [-0.15, -0.1) is 0 Å². The minimum absolute atomic E-state index is 0.246. The van der Waals surface area contributed by atoms with Crippen LogP contribution in [0, 0.1) is 12.8 Å². The van der Waals surface area contributed by atoms with E-state index >= 15 is 0 Å². The lowest BCUT2D eigenvalue weighted by atomic mass is 9.90. The molecule has 0 radical (unpaired) electrons. The lowest BCUT2D eigenvalue weighted by Gasteiger charge is -2.23. The summed E-state index contributed by atoms with van der Waals surface area (Å²) in [5.74, 6) is 0.539. The first-order chi connectivity index (χ1) is 9.81. The van der Waals surface area contributed by atoms with Crippen molar-refractivity contribution in [1.29, 1.82) is 0 Å². The zero-order chi connectivity index (χ0) is 14.2. The number of allylic oxidation sites excluding steroid dienone is 1. The molecule has 1 aliphatic rings. The molecule has 0 saturated carbocycles. The molecule has 1 aromatic carbocycles. The molecule has 110 valence electrons. The third-order valence-corrected chi connectivity index (χ3v) is 4.13. The fourth-order valence-electron chi connectivity index (χ4n) is 2.86. The number of ether oxygens (including phenoxy) is 1. The quantitative estimate of drug-likeness (QED) is 0.501. The summed E-state index contributed by atoms with van der Waals surface area (Å²) in [4.78, 5) is 0. The SMILES string of the molecule is CCCC/C=C/[C@@H]1CCCCO[C@H]1c1ccc(C)cc1. The number of hydrogen-bond acceptors (Lipinski definition) is 1. The predicted octanol–water partition coefficient (Wildman–Crippen LogP) is 5.60. The molecule has 0 amide bonds. The monoisotopic (exact) mass is 272 g/mol. The number of hydrogen-bond donors (Lipinski definition) is 0. The van der Waals surface area contributed by atoms with Gasteiger partial charge in [0.1, 0.15) is 0 Å². The molecule has 0 spiro atoms. The molecule has 0 N–H and O–H groups in total. The van der Waals surface area contributed by atoms with E-state index in [9.17, 15) is 0 Å². The van der Waals surface area contributed by atoms with Gasteiger partial charge in [0.25, 0.3) is 0 Å². The van der Waals surface area contributed by atoms with E-state index in [-0.39, 0.29) is 6.10 Å². The summed E-state index contributed by atoms with van der Waals surface area (Å²) in [5.41, 5.74) is 2.65. The molecule has 2 rings (SSSR count). The Hall–Kier alpha value is -1.08. The molecular weight excluding hydrogens is 244 g/mol. The average molecular weight is 272 g/mol. The number of unbranched alkanes of at least 4 members (excludes halogenated alkanes) is 2. The molecule has 1 aliphatic heterocycles. The van der Waals surface area contributed by atoms with Gasteiger partial charge in [0.05, 0.1) is 6.10 Å². The Morgan fingerprint density at radius 3 is 2.75 bits per heavy atom. The first-order valence-corrected chi connectivity index (χ1v) is 8.16. The highest BCUT2D eigenvalue weighted by atomic mass is 16.5. The van der Waals surface area contributed by atoms with E-state index in [4.69, 9.17) is 4.74 Å². The molecular formula is C19H28O. The highest BCUT2D eigenvalue weighted by molar-refractivity contribution is 5.24. The molecule has 2 atom stereocenters. The minimum atomic E-state index is 0.246. The van der Waals surface area contributed by atoms with Gasteiger partial charge in [-0.05, 0) is 31.7 Å². The van der Waals surface area contributed by atoms with Crippen molar-refractivity contribution in [3.8, 4) is 0 Å². The van der Waals surface area contributed by atoms with Crippen LogP contribution in [0.1, 0.15) is 62.7 Å². The Morgan fingerprint density at radius 2 is 2.00 bits per heavy atom. The van der Waals surface area contributed by atoms with Crippen molar-refractivity contribution < 1.29 is 4.74 Å². The van der Waals surface area contributed by atoms with Crippen LogP contribution in [-0.4, -0.2) is 6.61 Å². The van der Waals surface area contributed by atoms with Crippen molar-refractivity contribution in [3.63, 3.8) is 0 Å². The fraction of sp³-hybridized carbons (Fsp3) is 0.579. The van der Waals surface area contributed by atoms with Gasteiger partial charge >= 0.3 is 0 Å².